The molecule has 0 radical (unpaired) electrons. The van der Waals surface area contributed by atoms with Crippen molar-refractivity contribution >= 4 is 46.4 Å². The highest BCUT2D eigenvalue weighted by Gasteiger charge is 2.63. The summed E-state index contributed by atoms with van der Waals surface area (Å²) in [4.78, 5) is 55.7. The van der Waals surface area contributed by atoms with Gasteiger partial charge in [-0.3, -0.25) is 28.8 Å². The summed E-state index contributed by atoms with van der Waals surface area (Å²) in [5, 5.41) is 52.0. The molecule has 228 valence electrons. The molecule has 3 aliphatic rings. The molecule has 0 fully saturated rings. The fourth-order valence-electron chi connectivity index (χ4n) is 6.63. The molecule has 0 saturated heterocycles. The number of aliphatic hydroxyl groups excluding tert-OH is 2. The number of hydrogen-bond donors (Lipinski definition) is 6. The summed E-state index contributed by atoms with van der Waals surface area (Å²) in [5.41, 5.74) is 1.54. The number of rotatable bonds is 6. The second kappa shape index (κ2) is 10.4. The number of carbonyl (C=O) groups is 4. The fraction of sp³-hybridized carbons (Fsp3) is 0.393. The summed E-state index contributed by atoms with van der Waals surface area (Å²) in [7, 11) is 6.43. The zero-order valence-corrected chi connectivity index (χ0v) is 24.5. The Balaban J connectivity index is 1.68. The van der Waals surface area contributed by atoms with E-state index in [0.29, 0.717) is 11.3 Å². The van der Waals surface area contributed by atoms with Crippen molar-refractivity contribution in [3.63, 3.8) is 0 Å². The van der Waals surface area contributed by atoms with Gasteiger partial charge in [0.05, 0.1) is 22.3 Å². The Labute approximate surface area is 250 Å². The second-order valence-electron chi connectivity index (χ2n) is 11.3. The number of benzene rings is 1. The first-order valence-corrected chi connectivity index (χ1v) is 13.7. The Morgan fingerprint density at radius 1 is 1.21 bits per heavy atom. The standard InChI is InChI=1S/C28H31ClN6O8/c1-33(2)20-12-8-11-9-13-21(34(3)4)24(39)17(27(30)42)26(41)28(13,43)25(40)15(11)22(37)16(12)23(38)19(18(20)29)32-14(36)10-35-7-5-6-31-35/h5-7,11,13,21,38-40,43H,8-10H2,1-4H3,(H2,30,42)(H,32,36)/t11?,13?,21-,28-/m0/s1. The number of anilines is 2. The van der Waals surface area contributed by atoms with Crippen molar-refractivity contribution in [1.82, 2.24) is 14.7 Å². The summed E-state index contributed by atoms with van der Waals surface area (Å²) in [6.07, 6.45) is 3.02. The van der Waals surface area contributed by atoms with Gasteiger partial charge in [-0.15, -0.1) is 0 Å². The minimum atomic E-state index is -2.77. The second-order valence-corrected chi connectivity index (χ2v) is 11.7. The lowest BCUT2D eigenvalue weighted by molar-refractivity contribution is -0.148. The number of aliphatic hydroxyl groups is 3. The zero-order valence-electron chi connectivity index (χ0n) is 23.8. The van der Waals surface area contributed by atoms with Gasteiger partial charge >= 0.3 is 0 Å². The molecular formula is C28H31ClN6O8. The molecule has 0 bridgehead atoms. The number of carbonyl (C=O) groups excluding carboxylic acids is 4. The quantitative estimate of drug-likeness (QED) is 0.197. The van der Waals surface area contributed by atoms with Crippen molar-refractivity contribution in [1.29, 1.82) is 0 Å². The van der Waals surface area contributed by atoms with Crippen LogP contribution in [0.5, 0.6) is 5.75 Å². The Morgan fingerprint density at radius 2 is 1.88 bits per heavy atom. The molecule has 3 aliphatic carbocycles. The van der Waals surface area contributed by atoms with Crippen molar-refractivity contribution in [2.45, 2.75) is 31.0 Å². The number of nitrogens with one attached hydrogen (secondary N) is 1. The summed E-state index contributed by atoms with van der Waals surface area (Å²) in [6.45, 7) is -0.217. The molecule has 0 saturated carbocycles. The molecule has 0 spiro atoms. The highest BCUT2D eigenvalue weighted by atomic mass is 35.5. The summed E-state index contributed by atoms with van der Waals surface area (Å²) in [6, 6.07) is 0.517. The number of fused-ring (bicyclic) bond motifs is 3. The number of phenols is 1. The first kappa shape index (κ1) is 30.1. The van der Waals surface area contributed by atoms with Crippen molar-refractivity contribution < 1.29 is 39.6 Å². The molecule has 5 rings (SSSR count). The van der Waals surface area contributed by atoms with Crippen LogP contribution in [0.2, 0.25) is 5.02 Å². The van der Waals surface area contributed by atoms with E-state index >= 15 is 0 Å². The summed E-state index contributed by atoms with van der Waals surface area (Å²) >= 11 is 6.72. The van der Waals surface area contributed by atoms with Crippen LogP contribution >= 0.6 is 11.6 Å². The maximum absolute atomic E-state index is 14.1. The molecule has 15 heteroatoms. The van der Waals surface area contributed by atoms with Crippen molar-refractivity contribution in [3.05, 3.63) is 57.3 Å². The van der Waals surface area contributed by atoms with E-state index in [9.17, 15) is 39.6 Å². The number of aromatic hydroxyl groups is 1. The van der Waals surface area contributed by atoms with E-state index in [1.165, 1.54) is 15.8 Å². The number of Topliss-reactive ketones (excluding diaryl/α,β-unsaturated/α-hetero) is 2. The zero-order chi connectivity index (χ0) is 31.7. The van der Waals surface area contributed by atoms with Crippen LogP contribution in [-0.2, 0) is 27.3 Å². The van der Waals surface area contributed by atoms with Crippen LogP contribution < -0.4 is 16.0 Å². The van der Waals surface area contributed by atoms with Crippen LogP contribution in [0.4, 0.5) is 11.4 Å². The largest absolute Gasteiger partial charge is 0.510 e. The molecule has 14 nitrogen and oxygen atoms in total. The van der Waals surface area contributed by atoms with Gasteiger partial charge in [-0.2, -0.15) is 5.10 Å². The first-order chi connectivity index (χ1) is 20.1. The number of allylic oxidation sites excluding steroid dienone is 1. The van der Waals surface area contributed by atoms with E-state index in [1.807, 2.05) is 0 Å². The molecule has 2 amide bonds. The van der Waals surface area contributed by atoms with Crippen LogP contribution in [0.25, 0.3) is 0 Å². The predicted molar refractivity (Wildman–Crippen MR) is 154 cm³/mol. The number of hydrogen-bond acceptors (Lipinski definition) is 11. The fourth-order valence-corrected chi connectivity index (χ4v) is 7.05. The minimum Gasteiger partial charge on any atom is -0.510 e. The number of phenolic OH excluding ortho intramolecular Hbond substituents is 1. The molecule has 43 heavy (non-hydrogen) atoms. The molecular weight excluding hydrogens is 584 g/mol. The van der Waals surface area contributed by atoms with E-state index < -0.39 is 69.7 Å². The number of amides is 2. The van der Waals surface area contributed by atoms with Crippen molar-refractivity contribution in [3.8, 4) is 5.75 Å². The van der Waals surface area contributed by atoms with Crippen molar-refractivity contribution in [2.24, 2.45) is 17.6 Å². The van der Waals surface area contributed by atoms with Gasteiger partial charge in [0.1, 0.15) is 29.3 Å². The van der Waals surface area contributed by atoms with E-state index in [0.717, 1.165) is 0 Å². The van der Waals surface area contributed by atoms with Crippen LogP contribution in [-0.4, -0.2) is 98.3 Å². The Bertz CT molecular complexity index is 1650. The lowest BCUT2D eigenvalue weighted by Crippen LogP contribution is -2.63. The molecule has 1 heterocycles. The van der Waals surface area contributed by atoms with Gasteiger partial charge in [0, 0.05) is 38.0 Å². The lowest BCUT2D eigenvalue weighted by atomic mass is 9.58. The van der Waals surface area contributed by atoms with Gasteiger partial charge in [0.25, 0.3) is 5.91 Å². The highest BCUT2D eigenvalue weighted by molar-refractivity contribution is 6.38. The normalized spacial score (nSPS) is 25.0. The average molecular weight is 615 g/mol. The molecule has 4 atom stereocenters. The number of ketones is 2. The third kappa shape index (κ3) is 4.36. The molecule has 1 aromatic heterocycles. The topological polar surface area (TPSA) is 212 Å². The highest BCUT2D eigenvalue weighted by Crippen LogP contribution is 2.55. The lowest BCUT2D eigenvalue weighted by Gasteiger charge is -2.50. The Morgan fingerprint density at radius 3 is 2.44 bits per heavy atom. The molecule has 7 N–H and O–H groups in total. The number of aromatic nitrogens is 2. The van der Waals surface area contributed by atoms with Gasteiger partial charge in [0.15, 0.2) is 17.1 Å². The summed E-state index contributed by atoms with van der Waals surface area (Å²) in [5.74, 6) is -8.37. The third-order valence-corrected chi connectivity index (χ3v) is 8.75. The minimum absolute atomic E-state index is 0.0301. The number of halogens is 1. The van der Waals surface area contributed by atoms with Gasteiger partial charge < -0.3 is 36.4 Å². The number of nitrogens with two attached hydrogens (primary N) is 1. The van der Waals surface area contributed by atoms with Crippen LogP contribution in [0.15, 0.2) is 41.1 Å². The van der Waals surface area contributed by atoms with E-state index in [-0.39, 0.29) is 41.2 Å². The van der Waals surface area contributed by atoms with Crippen LogP contribution in [0.1, 0.15) is 22.3 Å². The van der Waals surface area contributed by atoms with Gasteiger partial charge in [-0.1, -0.05) is 11.6 Å². The van der Waals surface area contributed by atoms with Gasteiger partial charge in [-0.05, 0) is 44.5 Å². The van der Waals surface area contributed by atoms with E-state index in [1.54, 1.807) is 45.4 Å². The molecule has 2 unspecified atom stereocenters. The van der Waals surface area contributed by atoms with Gasteiger partial charge in [-0.25, -0.2) is 0 Å². The molecule has 2 aromatic rings. The van der Waals surface area contributed by atoms with E-state index in [4.69, 9.17) is 17.3 Å². The molecule has 0 aliphatic heterocycles. The van der Waals surface area contributed by atoms with E-state index in [2.05, 4.69) is 10.4 Å². The van der Waals surface area contributed by atoms with Crippen LogP contribution in [0, 0.1) is 11.8 Å². The number of nitrogens with zero attached hydrogens (tertiary/aromatic N) is 4. The number of primary amides is 1. The van der Waals surface area contributed by atoms with Gasteiger partial charge in [0.2, 0.25) is 11.7 Å². The average Bonchev–Trinajstić information content (AvgIpc) is 3.41. The summed E-state index contributed by atoms with van der Waals surface area (Å²) < 4.78 is 1.35. The third-order valence-electron chi connectivity index (χ3n) is 8.38. The first-order valence-electron chi connectivity index (χ1n) is 13.3. The Kier molecular flexibility index (Phi) is 7.27. The van der Waals surface area contributed by atoms with Crippen LogP contribution in [0.3, 0.4) is 0 Å². The predicted octanol–water partition coefficient (Wildman–Crippen LogP) is 0.675. The SMILES string of the molecule is CN(C)c1c(Cl)c(NC(=O)Cn2cccn2)c(O)c2c1CC1CC3[C@H](N(C)C)C(O)=C(C(N)=O)C(=O)[C@@]3(O)C(O)=C1C2=O. The maximum Gasteiger partial charge on any atom is 0.255 e. The number of likely N-dealkylation sites (N-methyl/N-ethyl adjacent to an activating group) is 1. The Hall–Kier alpha value is -4.40. The maximum atomic E-state index is 14.1. The van der Waals surface area contributed by atoms with Crippen molar-refractivity contribution in [2.75, 3.05) is 38.4 Å². The monoisotopic (exact) mass is 614 g/mol. The smallest absolute Gasteiger partial charge is 0.255 e. The molecule has 1 aromatic carbocycles.